The summed E-state index contributed by atoms with van der Waals surface area (Å²) in [7, 11) is 0. The summed E-state index contributed by atoms with van der Waals surface area (Å²) in [6.45, 7) is 5.68. The Morgan fingerprint density at radius 3 is 1.83 bits per heavy atom. The van der Waals surface area contributed by atoms with Crippen molar-refractivity contribution in [1.82, 2.24) is 0 Å². The van der Waals surface area contributed by atoms with Crippen molar-refractivity contribution in [3.8, 4) is 11.5 Å². The predicted molar refractivity (Wildman–Crippen MR) is 91.7 cm³/mol. The average Bonchev–Trinajstić information content (AvgIpc) is 2.54. The largest absolute Gasteiger partial charge is 0.508 e. The molecule has 2 rings (SSSR count). The molecule has 3 nitrogen and oxygen atoms in total. The van der Waals surface area contributed by atoms with Crippen molar-refractivity contribution in [2.75, 3.05) is 0 Å². The van der Waals surface area contributed by atoms with Crippen LogP contribution in [0.15, 0.2) is 61.2 Å². The van der Waals surface area contributed by atoms with Gasteiger partial charge in [-0.05, 0) is 41.8 Å². The fraction of sp³-hybridized carbons (Fsp3) is 0.250. The van der Waals surface area contributed by atoms with Gasteiger partial charge in [0.2, 0.25) is 0 Å². The molecule has 2 aromatic rings. The number of benzene rings is 2. The van der Waals surface area contributed by atoms with E-state index in [1.54, 1.807) is 30.3 Å². The Hall–Kier alpha value is -2.55. The van der Waals surface area contributed by atoms with E-state index in [0.717, 1.165) is 11.1 Å². The van der Waals surface area contributed by atoms with Gasteiger partial charge in [0.25, 0.3) is 0 Å². The number of Topliss-reactive ketones (excluding diaryl/α,β-unsaturated/α-hetero) is 1. The molecule has 0 saturated carbocycles. The molecule has 23 heavy (non-hydrogen) atoms. The van der Waals surface area contributed by atoms with Crippen LogP contribution in [-0.4, -0.2) is 16.0 Å². The van der Waals surface area contributed by atoms with Crippen LogP contribution in [0.4, 0.5) is 0 Å². The van der Waals surface area contributed by atoms with Gasteiger partial charge in [-0.15, -0.1) is 6.58 Å². The number of phenols is 2. The molecule has 0 saturated heterocycles. The van der Waals surface area contributed by atoms with Crippen molar-refractivity contribution < 1.29 is 15.0 Å². The van der Waals surface area contributed by atoms with E-state index in [9.17, 15) is 15.0 Å². The third-order valence-corrected chi connectivity index (χ3v) is 4.28. The van der Waals surface area contributed by atoms with E-state index in [2.05, 4.69) is 13.5 Å². The van der Waals surface area contributed by atoms with Crippen LogP contribution in [0.5, 0.6) is 11.5 Å². The van der Waals surface area contributed by atoms with Crippen molar-refractivity contribution in [3.63, 3.8) is 0 Å². The maximum absolute atomic E-state index is 11.9. The fourth-order valence-electron chi connectivity index (χ4n) is 2.77. The standard InChI is InChI=1S/C20H22O3/c1-3-4-17(21)13-14-20(2,15-5-9-18(22)10-6-15)16-7-11-19(23)12-8-16/h3,5-12,22-23H,1,4,13-14H2,2H3. The van der Waals surface area contributed by atoms with Gasteiger partial charge in [0.15, 0.2) is 0 Å². The van der Waals surface area contributed by atoms with E-state index < -0.39 is 0 Å². The van der Waals surface area contributed by atoms with Crippen LogP contribution in [0.1, 0.15) is 37.3 Å². The molecule has 2 aromatic carbocycles. The monoisotopic (exact) mass is 310 g/mol. The van der Waals surface area contributed by atoms with Gasteiger partial charge in [0.1, 0.15) is 17.3 Å². The highest BCUT2D eigenvalue weighted by atomic mass is 16.3. The second-order valence-corrected chi connectivity index (χ2v) is 5.96. The van der Waals surface area contributed by atoms with Crippen LogP contribution in [0.2, 0.25) is 0 Å². The number of carbonyl (C=O) groups is 1. The minimum absolute atomic E-state index is 0.156. The molecule has 0 heterocycles. The fourth-order valence-corrected chi connectivity index (χ4v) is 2.77. The van der Waals surface area contributed by atoms with Gasteiger partial charge in [0, 0.05) is 18.3 Å². The first-order valence-corrected chi connectivity index (χ1v) is 7.67. The molecule has 0 amide bonds. The first-order chi connectivity index (χ1) is 11.0. The third-order valence-electron chi connectivity index (χ3n) is 4.28. The molecule has 120 valence electrons. The number of hydrogen-bond acceptors (Lipinski definition) is 3. The van der Waals surface area contributed by atoms with Crippen LogP contribution in [0.25, 0.3) is 0 Å². The van der Waals surface area contributed by atoms with Crippen LogP contribution < -0.4 is 0 Å². The molecule has 0 unspecified atom stereocenters. The minimum Gasteiger partial charge on any atom is -0.508 e. The van der Waals surface area contributed by atoms with E-state index in [0.29, 0.717) is 19.3 Å². The average molecular weight is 310 g/mol. The Morgan fingerprint density at radius 2 is 1.43 bits per heavy atom. The van der Waals surface area contributed by atoms with Crippen molar-refractivity contribution >= 4 is 5.78 Å². The highest BCUT2D eigenvalue weighted by molar-refractivity contribution is 5.79. The molecular formula is C20H22O3. The van der Waals surface area contributed by atoms with E-state index in [-0.39, 0.29) is 22.7 Å². The zero-order valence-electron chi connectivity index (χ0n) is 13.3. The number of phenolic OH excluding ortho intramolecular Hbond substituents is 2. The lowest BCUT2D eigenvalue weighted by Gasteiger charge is -2.31. The molecule has 0 bridgehead atoms. The Morgan fingerprint density at radius 1 is 1.00 bits per heavy atom. The summed E-state index contributed by atoms with van der Waals surface area (Å²) in [6.07, 6.45) is 3.10. The number of allylic oxidation sites excluding steroid dienone is 1. The molecule has 0 aliphatic heterocycles. The van der Waals surface area contributed by atoms with Crippen molar-refractivity contribution in [1.29, 1.82) is 0 Å². The van der Waals surface area contributed by atoms with E-state index in [1.807, 2.05) is 24.3 Å². The second kappa shape index (κ2) is 7.14. The lowest BCUT2D eigenvalue weighted by atomic mass is 9.72. The molecule has 0 fully saturated rings. The van der Waals surface area contributed by atoms with Gasteiger partial charge < -0.3 is 10.2 Å². The Labute approximate surface area is 136 Å². The molecule has 0 aliphatic carbocycles. The SMILES string of the molecule is C=CCC(=O)CCC(C)(c1ccc(O)cc1)c1ccc(O)cc1. The van der Waals surface area contributed by atoms with Gasteiger partial charge in [0.05, 0.1) is 0 Å². The zero-order chi connectivity index (χ0) is 16.9. The molecule has 3 heteroatoms. The summed E-state index contributed by atoms with van der Waals surface area (Å²) in [4.78, 5) is 11.9. The van der Waals surface area contributed by atoms with E-state index in [1.165, 1.54) is 0 Å². The maximum atomic E-state index is 11.9. The third kappa shape index (κ3) is 4.01. The van der Waals surface area contributed by atoms with E-state index in [4.69, 9.17) is 0 Å². The normalized spacial score (nSPS) is 11.2. The van der Waals surface area contributed by atoms with Gasteiger partial charge in [-0.3, -0.25) is 4.79 Å². The topological polar surface area (TPSA) is 57.5 Å². The number of rotatable bonds is 7. The molecule has 2 N–H and O–H groups in total. The quantitative estimate of drug-likeness (QED) is 0.748. The lowest BCUT2D eigenvalue weighted by molar-refractivity contribution is -0.118. The summed E-state index contributed by atoms with van der Waals surface area (Å²) in [5.74, 6) is 0.581. The summed E-state index contributed by atoms with van der Waals surface area (Å²) < 4.78 is 0. The van der Waals surface area contributed by atoms with Gasteiger partial charge in [-0.2, -0.15) is 0 Å². The smallest absolute Gasteiger partial charge is 0.136 e. The van der Waals surface area contributed by atoms with Gasteiger partial charge in [-0.1, -0.05) is 37.3 Å². The summed E-state index contributed by atoms with van der Waals surface area (Å²) in [5, 5.41) is 19.0. The first-order valence-electron chi connectivity index (χ1n) is 7.67. The number of ketones is 1. The van der Waals surface area contributed by atoms with Crippen molar-refractivity contribution in [3.05, 3.63) is 72.3 Å². The molecular weight excluding hydrogens is 288 g/mol. The first kappa shape index (κ1) is 16.8. The number of aromatic hydroxyl groups is 2. The number of carbonyl (C=O) groups excluding carboxylic acids is 1. The van der Waals surface area contributed by atoms with Crippen LogP contribution in [-0.2, 0) is 10.2 Å². The Balaban J connectivity index is 2.37. The highest BCUT2D eigenvalue weighted by Crippen LogP contribution is 2.37. The number of hydrogen-bond donors (Lipinski definition) is 2. The molecule has 0 aromatic heterocycles. The molecule has 0 atom stereocenters. The Kier molecular flexibility index (Phi) is 5.22. The molecule has 0 aliphatic rings. The maximum Gasteiger partial charge on any atom is 0.136 e. The summed E-state index contributed by atoms with van der Waals surface area (Å²) in [6, 6.07) is 14.1. The van der Waals surface area contributed by atoms with Gasteiger partial charge in [-0.25, -0.2) is 0 Å². The summed E-state index contributed by atoms with van der Waals surface area (Å²) >= 11 is 0. The van der Waals surface area contributed by atoms with Crippen molar-refractivity contribution in [2.24, 2.45) is 0 Å². The highest BCUT2D eigenvalue weighted by Gasteiger charge is 2.29. The predicted octanol–water partition coefficient (Wildman–Crippen LogP) is 4.33. The molecule has 0 spiro atoms. The minimum atomic E-state index is -0.377. The van der Waals surface area contributed by atoms with E-state index >= 15 is 0 Å². The zero-order valence-corrected chi connectivity index (χ0v) is 13.3. The second-order valence-electron chi connectivity index (χ2n) is 5.96. The summed E-state index contributed by atoms with van der Waals surface area (Å²) in [5.41, 5.74) is 1.66. The molecule has 0 radical (unpaired) electrons. The van der Waals surface area contributed by atoms with Crippen molar-refractivity contribution in [2.45, 2.75) is 31.6 Å². The van der Waals surface area contributed by atoms with Crippen LogP contribution >= 0.6 is 0 Å². The lowest BCUT2D eigenvalue weighted by Crippen LogP contribution is -2.24. The Bertz CT molecular complexity index is 624. The van der Waals surface area contributed by atoms with Crippen LogP contribution in [0, 0.1) is 0 Å². The van der Waals surface area contributed by atoms with Crippen LogP contribution in [0.3, 0.4) is 0 Å². The van der Waals surface area contributed by atoms with Gasteiger partial charge >= 0.3 is 0 Å².